The zero-order valence-electron chi connectivity index (χ0n) is 12.7. The number of nitrogens with one attached hydrogen (secondary N) is 1. The predicted molar refractivity (Wildman–Crippen MR) is 92.7 cm³/mol. The predicted octanol–water partition coefficient (Wildman–Crippen LogP) is 4.06. The third-order valence-electron chi connectivity index (χ3n) is 2.92. The first-order chi connectivity index (χ1) is 10.1. The Morgan fingerprint density at radius 2 is 2.10 bits per heavy atom. The van der Waals surface area contributed by atoms with Crippen molar-refractivity contribution in [3.8, 4) is 0 Å². The van der Waals surface area contributed by atoms with Gasteiger partial charge in [-0.1, -0.05) is 6.92 Å². The van der Waals surface area contributed by atoms with Crippen molar-refractivity contribution in [3.63, 3.8) is 0 Å². The van der Waals surface area contributed by atoms with Crippen LogP contribution in [0.2, 0.25) is 0 Å². The molecular weight excluding hydrogens is 348 g/mol. The van der Waals surface area contributed by atoms with Gasteiger partial charge in [0.25, 0.3) is 0 Å². The van der Waals surface area contributed by atoms with Gasteiger partial charge < -0.3 is 5.32 Å². The van der Waals surface area contributed by atoms with Crippen molar-refractivity contribution in [2.24, 2.45) is 0 Å². The Balaban J connectivity index is 1.99. The molecule has 2 aromatic heterocycles. The molecular formula is C15H21BrN4S. The minimum atomic E-state index is 0.748. The first kappa shape index (κ1) is 16.4. The van der Waals surface area contributed by atoms with E-state index in [-0.39, 0.29) is 0 Å². The molecule has 0 bridgehead atoms. The summed E-state index contributed by atoms with van der Waals surface area (Å²) in [4.78, 5) is 12.7. The van der Waals surface area contributed by atoms with Crippen LogP contribution in [-0.2, 0) is 13.1 Å². The molecule has 0 amide bonds. The summed E-state index contributed by atoms with van der Waals surface area (Å²) >= 11 is 5.26. The number of hydrogen-bond acceptors (Lipinski definition) is 5. The van der Waals surface area contributed by atoms with Gasteiger partial charge in [-0.2, -0.15) is 0 Å². The van der Waals surface area contributed by atoms with E-state index in [1.807, 2.05) is 13.0 Å². The Morgan fingerprint density at radius 1 is 1.29 bits per heavy atom. The summed E-state index contributed by atoms with van der Waals surface area (Å²) in [6.45, 7) is 6.76. The quantitative estimate of drug-likeness (QED) is 0.799. The number of hydrogen-bond donors (Lipinski definition) is 1. The van der Waals surface area contributed by atoms with Crippen LogP contribution in [-0.4, -0.2) is 28.5 Å². The molecule has 0 saturated heterocycles. The molecule has 6 heteroatoms. The largest absolute Gasteiger partial charge is 0.370 e. The van der Waals surface area contributed by atoms with E-state index >= 15 is 0 Å². The van der Waals surface area contributed by atoms with Gasteiger partial charge in [0, 0.05) is 39.6 Å². The monoisotopic (exact) mass is 368 g/mol. The average Bonchev–Trinajstić information content (AvgIpc) is 2.80. The first-order valence-electron chi connectivity index (χ1n) is 7.06. The normalized spacial score (nSPS) is 11.1. The van der Waals surface area contributed by atoms with E-state index in [0.29, 0.717) is 0 Å². The molecule has 0 fully saturated rings. The Hall–Kier alpha value is -0.980. The van der Waals surface area contributed by atoms with Crippen molar-refractivity contribution < 1.29 is 0 Å². The summed E-state index contributed by atoms with van der Waals surface area (Å²) in [7, 11) is 2.10. The van der Waals surface area contributed by atoms with E-state index in [1.54, 1.807) is 11.3 Å². The van der Waals surface area contributed by atoms with Gasteiger partial charge in [-0.25, -0.2) is 9.97 Å². The molecule has 2 rings (SSSR count). The number of rotatable bonds is 7. The van der Waals surface area contributed by atoms with E-state index in [1.165, 1.54) is 4.88 Å². The van der Waals surface area contributed by atoms with Crippen molar-refractivity contribution in [1.82, 2.24) is 14.9 Å². The summed E-state index contributed by atoms with van der Waals surface area (Å²) in [5.74, 6) is 1.79. The van der Waals surface area contributed by atoms with Gasteiger partial charge in [0.1, 0.15) is 11.6 Å². The van der Waals surface area contributed by atoms with Crippen LogP contribution in [0.5, 0.6) is 0 Å². The second-order valence-corrected chi connectivity index (χ2v) is 7.05. The van der Waals surface area contributed by atoms with E-state index < -0.39 is 0 Å². The summed E-state index contributed by atoms with van der Waals surface area (Å²) < 4.78 is 1.15. The van der Waals surface area contributed by atoms with E-state index in [9.17, 15) is 0 Å². The highest BCUT2D eigenvalue weighted by Gasteiger charge is 2.08. The summed E-state index contributed by atoms with van der Waals surface area (Å²) in [5.41, 5.74) is 1.01. The smallest absolute Gasteiger partial charge is 0.144 e. The van der Waals surface area contributed by atoms with Crippen molar-refractivity contribution in [3.05, 3.63) is 38.4 Å². The fraction of sp³-hybridized carbons (Fsp3) is 0.467. The van der Waals surface area contributed by atoms with Crippen LogP contribution < -0.4 is 5.32 Å². The van der Waals surface area contributed by atoms with E-state index in [4.69, 9.17) is 0 Å². The third kappa shape index (κ3) is 5.37. The number of anilines is 1. The highest BCUT2D eigenvalue weighted by Crippen LogP contribution is 2.21. The highest BCUT2D eigenvalue weighted by molar-refractivity contribution is 9.10. The molecule has 2 aromatic rings. The molecule has 1 N–H and O–H groups in total. The topological polar surface area (TPSA) is 41.1 Å². The molecule has 0 aromatic carbocycles. The van der Waals surface area contributed by atoms with E-state index in [2.05, 4.69) is 61.5 Å². The molecule has 0 unspecified atom stereocenters. The van der Waals surface area contributed by atoms with Crippen molar-refractivity contribution in [2.75, 3.05) is 18.9 Å². The highest BCUT2D eigenvalue weighted by atomic mass is 79.9. The molecule has 0 aliphatic rings. The molecule has 114 valence electrons. The van der Waals surface area contributed by atoms with Gasteiger partial charge >= 0.3 is 0 Å². The van der Waals surface area contributed by atoms with Gasteiger partial charge in [-0.15, -0.1) is 11.3 Å². The molecule has 0 aliphatic carbocycles. The zero-order chi connectivity index (χ0) is 15.2. The Labute approximate surface area is 138 Å². The summed E-state index contributed by atoms with van der Waals surface area (Å²) in [6, 6.07) is 4.15. The second kappa shape index (κ2) is 7.87. The molecule has 0 saturated carbocycles. The molecule has 4 nitrogen and oxygen atoms in total. The number of halogens is 1. The van der Waals surface area contributed by atoms with Crippen molar-refractivity contribution in [1.29, 1.82) is 0 Å². The van der Waals surface area contributed by atoms with Crippen molar-refractivity contribution >= 4 is 33.1 Å². The van der Waals surface area contributed by atoms with Crippen LogP contribution in [0.3, 0.4) is 0 Å². The standard InChI is InChI=1S/C15H21BrN4S/c1-4-5-17-14-6-11(2)18-15(19-14)9-20(3)8-13-7-12(16)10-21-13/h6-7,10H,4-5,8-9H2,1-3H3,(H,17,18,19). The summed E-state index contributed by atoms with van der Waals surface area (Å²) in [5, 5.41) is 5.44. The molecule has 2 heterocycles. The van der Waals surface area contributed by atoms with Gasteiger partial charge in [0.15, 0.2) is 0 Å². The lowest BCUT2D eigenvalue weighted by Crippen LogP contribution is -2.19. The fourth-order valence-electron chi connectivity index (χ4n) is 2.04. The maximum absolute atomic E-state index is 4.59. The molecule has 0 atom stereocenters. The number of aryl methyl sites for hydroxylation is 1. The molecule has 0 spiro atoms. The van der Waals surface area contributed by atoms with Gasteiger partial charge in [0.2, 0.25) is 0 Å². The van der Waals surface area contributed by atoms with Crippen LogP contribution in [0, 0.1) is 6.92 Å². The maximum Gasteiger partial charge on any atom is 0.144 e. The van der Waals surface area contributed by atoms with Crippen LogP contribution in [0.25, 0.3) is 0 Å². The average molecular weight is 369 g/mol. The second-order valence-electron chi connectivity index (χ2n) is 5.14. The molecule has 21 heavy (non-hydrogen) atoms. The zero-order valence-corrected chi connectivity index (χ0v) is 15.1. The third-order valence-corrected chi connectivity index (χ3v) is 4.60. The lowest BCUT2D eigenvalue weighted by Gasteiger charge is -2.15. The number of thiophene rings is 1. The lowest BCUT2D eigenvalue weighted by molar-refractivity contribution is 0.313. The number of aromatic nitrogens is 2. The lowest BCUT2D eigenvalue weighted by atomic mass is 10.3. The minimum Gasteiger partial charge on any atom is -0.370 e. The minimum absolute atomic E-state index is 0.748. The Morgan fingerprint density at radius 3 is 2.76 bits per heavy atom. The Kier molecular flexibility index (Phi) is 6.14. The number of nitrogens with zero attached hydrogens (tertiary/aromatic N) is 3. The maximum atomic E-state index is 4.59. The Bertz CT molecular complexity index is 585. The first-order valence-corrected chi connectivity index (χ1v) is 8.74. The van der Waals surface area contributed by atoms with Crippen molar-refractivity contribution in [2.45, 2.75) is 33.4 Å². The molecule has 0 aliphatic heterocycles. The van der Waals surface area contributed by atoms with Gasteiger partial charge in [-0.05, 0) is 42.4 Å². The van der Waals surface area contributed by atoms with Gasteiger partial charge in [-0.3, -0.25) is 4.90 Å². The van der Waals surface area contributed by atoms with E-state index in [0.717, 1.165) is 47.9 Å². The SMILES string of the molecule is CCCNc1cc(C)nc(CN(C)Cc2cc(Br)cs2)n1. The fourth-order valence-corrected chi connectivity index (χ4v) is 3.57. The molecule has 0 radical (unpaired) electrons. The van der Waals surface area contributed by atoms with Crippen LogP contribution in [0.1, 0.15) is 29.7 Å². The van der Waals surface area contributed by atoms with Crippen LogP contribution in [0.15, 0.2) is 22.0 Å². The van der Waals surface area contributed by atoms with Crippen LogP contribution in [0.4, 0.5) is 5.82 Å². The van der Waals surface area contributed by atoms with Gasteiger partial charge in [0.05, 0.1) is 6.54 Å². The van der Waals surface area contributed by atoms with Crippen LogP contribution >= 0.6 is 27.3 Å². The summed E-state index contributed by atoms with van der Waals surface area (Å²) in [6.07, 6.45) is 1.09.